The molecule has 0 saturated heterocycles. The van der Waals surface area contributed by atoms with Gasteiger partial charge in [-0.05, 0) is 23.8 Å². The fourth-order valence-corrected chi connectivity index (χ4v) is 3.60. The van der Waals surface area contributed by atoms with Crippen molar-refractivity contribution in [2.24, 2.45) is 0 Å². The third-order valence-electron chi connectivity index (χ3n) is 4.93. The van der Waals surface area contributed by atoms with Gasteiger partial charge in [0.1, 0.15) is 22.7 Å². The van der Waals surface area contributed by atoms with Crippen molar-refractivity contribution < 1.29 is 13.6 Å². The van der Waals surface area contributed by atoms with Gasteiger partial charge in [-0.1, -0.05) is 54.6 Å². The standard InChI is InChI=1S/C24H16O4/c1-26-17-12-10-15(11-13-17)21-19-8-4-5-9-20(19)28-24(25)22(21)23-18-7-3-2-6-16(18)14-27-23/h2-14H,1H3. The maximum Gasteiger partial charge on any atom is 0.348 e. The molecule has 0 aliphatic heterocycles. The van der Waals surface area contributed by atoms with E-state index in [1.165, 1.54) is 0 Å². The summed E-state index contributed by atoms with van der Waals surface area (Å²) in [7, 11) is 1.63. The Morgan fingerprint density at radius 3 is 2.29 bits per heavy atom. The summed E-state index contributed by atoms with van der Waals surface area (Å²) in [5, 5.41) is 2.66. The molecule has 2 aromatic heterocycles. The lowest BCUT2D eigenvalue weighted by molar-refractivity contribution is 0.415. The third-order valence-corrected chi connectivity index (χ3v) is 4.93. The van der Waals surface area contributed by atoms with E-state index in [0.29, 0.717) is 16.9 Å². The lowest BCUT2D eigenvalue weighted by Gasteiger charge is -2.11. The summed E-state index contributed by atoms with van der Waals surface area (Å²) < 4.78 is 16.8. The molecule has 0 saturated carbocycles. The molecule has 0 aliphatic carbocycles. The van der Waals surface area contributed by atoms with Crippen LogP contribution >= 0.6 is 0 Å². The van der Waals surface area contributed by atoms with Crippen LogP contribution in [-0.4, -0.2) is 7.11 Å². The van der Waals surface area contributed by atoms with Gasteiger partial charge in [0, 0.05) is 21.7 Å². The first-order valence-corrected chi connectivity index (χ1v) is 8.93. The van der Waals surface area contributed by atoms with Gasteiger partial charge in [-0.25, -0.2) is 4.79 Å². The maximum atomic E-state index is 13.0. The van der Waals surface area contributed by atoms with E-state index in [1.54, 1.807) is 19.4 Å². The summed E-state index contributed by atoms with van der Waals surface area (Å²) in [5.41, 5.74) is 2.21. The number of benzene rings is 3. The minimum atomic E-state index is -0.426. The fraction of sp³-hybridized carbons (Fsp3) is 0.0417. The number of fused-ring (bicyclic) bond motifs is 2. The number of rotatable bonds is 3. The van der Waals surface area contributed by atoms with E-state index < -0.39 is 5.63 Å². The maximum absolute atomic E-state index is 13.0. The second-order valence-electron chi connectivity index (χ2n) is 6.52. The van der Waals surface area contributed by atoms with Crippen LogP contribution in [0.4, 0.5) is 0 Å². The zero-order chi connectivity index (χ0) is 19.1. The average molecular weight is 368 g/mol. The van der Waals surface area contributed by atoms with Gasteiger partial charge in [-0.2, -0.15) is 0 Å². The van der Waals surface area contributed by atoms with E-state index in [9.17, 15) is 4.79 Å². The van der Waals surface area contributed by atoms with E-state index >= 15 is 0 Å². The molecule has 0 unspecified atom stereocenters. The fourth-order valence-electron chi connectivity index (χ4n) is 3.60. The Morgan fingerprint density at radius 2 is 1.50 bits per heavy atom. The van der Waals surface area contributed by atoms with Crippen LogP contribution in [0.15, 0.2) is 92.7 Å². The van der Waals surface area contributed by atoms with Crippen LogP contribution in [0.3, 0.4) is 0 Å². The van der Waals surface area contributed by atoms with Gasteiger partial charge in [0.2, 0.25) is 0 Å². The number of methoxy groups -OCH3 is 1. The second-order valence-corrected chi connectivity index (χ2v) is 6.52. The smallest absolute Gasteiger partial charge is 0.348 e. The normalized spacial score (nSPS) is 11.2. The molecule has 0 spiro atoms. The van der Waals surface area contributed by atoms with Gasteiger partial charge in [-0.15, -0.1) is 0 Å². The van der Waals surface area contributed by atoms with E-state index in [0.717, 1.165) is 33.0 Å². The molecule has 0 bridgehead atoms. The summed E-state index contributed by atoms with van der Waals surface area (Å²) in [6, 6.07) is 22.9. The number of ether oxygens (including phenoxy) is 1. The Kier molecular flexibility index (Phi) is 3.76. The highest BCUT2D eigenvalue weighted by Gasteiger charge is 2.22. The van der Waals surface area contributed by atoms with Crippen LogP contribution in [0.5, 0.6) is 5.75 Å². The molecule has 0 aliphatic rings. The first-order chi connectivity index (χ1) is 13.8. The molecule has 0 fully saturated rings. The van der Waals surface area contributed by atoms with Crippen molar-refractivity contribution in [3.63, 3.8) is 0 Å². The Hall–Kier alpha value is -3.79. The van der Waals surface area contributed by atoms with Crippen molar-refractivity contribution in [3.8, 4) is 28.2 Å². The monoisotopic (exact) mass is 368 g/mol. The van der Waals surface area contributed by atoms with Crippen molar-refractivity contribution in [3.05, 3.63) is 89.5 Å². The van der Waals surface area contributed by atoms with E-state index in [2.05, 4.69) is 0 Å². The molecule has 5 rings (SSSR count). The van der Waals surface area contributed by atoms with Crippen LogP contribution in [0.1, 0.15) is 0 Å². The average Bonchev–Trinajstić information content (AvgIpc) is 3.16. The number of hydrogen-bond donors (Lipinski definition) is 0. The Balaban J connectivity index is 1.91. The molecule has 4 heteroatoms. The van der Waals surface area contributed by atoms with Crippen LogP contribution in [0, 0.1) is 0 Å². The number of furan rings is 1. The molecule has 0 atom stereocenters. The molecule has 0 N–H and O–H groups in total. The molecule has 5 aromatic rings. The van der Waals surface area contributed by atoms with E-state index in [-0.39, 0.29) is 0 Å². The summed E-state index contributed by atoms with van der Waals surface area (Å²) in [6.07, 6.45) is 1.66. The van der Waals surface area contributed by atoms with Gasteiger partial charge in [0.15, 0.2) is 0 Å². The summed E-state index contributed by atoms with van der Waals surface area (Å²) in [5.74, 6) is 1.27. The van der Waals surface area contributed by atoms with Crippen LogP contribution in [0.2, 0.25) is 0 Å². The van der Waals surface area contributed by atoms with Gasteiger partial charge >= 0.3 is 5.63 Å². The molecule has 136 valence electrons. The first-order valence-electron chi connectivity index (χ1n) is 8.93. The van der Waals surface area contributed by atoms with Crippen molar-refractivity contribution in [1.29, 1.82) is 0 Å². The van der Waals surface area contributed by atoms with E-state index in [4.69, 9.17) is 13.6 Å². The zero-order valence-corrected chi connectivity index (χ0v) is 15.1. The second kappa shape index (κ2) is 6.43. The van der Waals surface area contributed by atoms with Crippen LogP contribution in [-0.2, 0) is 0 Å². The summed E-state index contributed by atoms with van der Waals surface area (Å²) in [4.78, 5) is 13.0. The Labute approximate surface area is 160 Å². The largest absolute Gasteiger partial charge is 0.497 e. The van der Waals surface area contributed by atoms with Crippen LogP contribution in [0.25, 0.3) is 44.2 Å². The summed E-state index contributed by atoms with van der Waals surface area (Å²) >= 11 is 0. The quantitative estimate of drug-likeness (QED) is 0.373. The van der Waals surface area contributed by atoms with Crippen LogP contribution < -0.4 is 10.4 Å². The molecular formula is C24H16O4. The van der Waals surface area contributed by atoms with Gasteiger partial charge in [-0.3, -0.25) is 0 Å². The van der Waals surface area contributed by atoms with Gasteiger partial charge < -0.3 is 13.6 Å². The van der Waals surface area contributed by atoms with Crippen molar-refractivity contribution in [2.45, 2.75) is 0 Å². The van der Waals surface area contributed by atoms with Crippen molar-refractivity contribution in [1.82, 2.24) is 0 Å². The minimum Gasteiger partial charge on any atom is -0.497 e. The highest BCUT2D eigenvalue weighted by molar-refractivity contribution is 6.05. The Morgan fingerprint density at radius 1 is 0.786 bits per heavy atom. The molecule has 3 aromatic carbocycles. The van der Waals surface area contributed by atoms with Crippen molar-refractivity contribution in [2.75, 3.05) is 7.11 Å². The first kappa shape index (κ1) is 16.4. The lowest BCUT2D eigenvalue weighted by atomic mass is 9.94. The zero-order valence-electron chi connectivity index (χ0n) is 15.1. The molecular weight excluding hydrogens is 352 g/mol. The van der Waals surface area contributed by atoms with Gasteiger partial charge in [0.25, 0.3) is 0 Å². The van der Waals surface area contributed by atoms with Gasteiger partial charge in [0.05, 0.1) is 13.4 Å². The topological polar surface area (TPSA) is 52.6 Å². The SMILES string of the molecule is COc1ccc(-c2c(-c3occ4ccccc34)c(=O)oc3ccccc23)cc1. The third kappa shape index (κ3) is 2.50. The number of para-hydroxylation sites is 1. The van der Waals surface area contributed by atoms with Crippen molar-refractivity contribution >= 4 is 21.7 Å². The highest BCUT2D eigenvalue weighted by atomic mass is 16.5. The highest BCUT2D eigenvalue weighted by Crippen LogP contribution is 2.39. The predicted octanol–water partition coefficient (Wildman–Crippen LogP) is 5.88. The molecule has 0 radical (unpaired) electrons. The minimum absolute atomic E-state index is 0.421. The predicted molar refractivity (Wildman–Crippen MR) is 110 cm³/mol. The molecule has 28 heavy (non-hydrogen) atoms. The summed E-state index contributed by atoms with van der Waals surface area (Å²) in [6.45, 7) is 0. The molecule has 2 heterocycles. The molecule has 4 nitrogen and oxygen atoms in total. The number of hydrogen-bond acceptors (Lipinski definition) is 4. The molecule has 0 amide bonds. The lowest BCUT2D eigenvalue weighted by Crippen LogP contribution is -2.05. The Bertz CT molecular complexity index is 1360. The van der Waals surface area contributed by atoms with E-state index in [1.807, 2.05) is 66.7 Å².